The van der Waals surface area contributed by atoms with Crippen LogP contribution in [0.25, 0.3) is 0 Å². The Morgan fingerprint density at radius 2 is 1.78 bits per heavy atom. The molecule has 0 aliphatic carbocycles. The fourth-order valence-electron chi connectivity index (χ4n) is 4.49. The molecule has 3 rings (SSSR count). The molecule has 1 aromatic heterocycles. The monoisotopic (exact) mass is 541 g/mol. The van der Waals surface area contributed by atoms with Crippen LogP contribution in [0.3, 0.4) is 0 Å². The molecular weight excluding hydrogens is 502 g/mol. The van der Waals surface area contributed by atoms with Gasteiger partial charge in [-0.25, -0.2) is 4.79 Å². The molecule has 1 amide bonds. The van der Waals surface area contributed by atoms with Crippen LogP contribution in [-0.4, -0.2) is 66.0 Å². The predicted octanol–water partition coefficient (Wildman–Crippen LogP) is 4.83. The minimum atomic E-state index is -0.746. The first-order valence-corrected chi connectivity index (χ1v) is 13.8. The lowest BCUT2D eigenvalue weighted by Gasteiger charge is -2.24. The van der Waals surface area contributed by atoms with Crippen LogP contribution in [0.15, 0.2) is 0 Å². The Morgan fingerprint density at radius 3 is 2.49 bits per heavy atom. The number of carbonyl (C=O) groups is 2. The summed E-state index contributed by atoms with van der Waals surface area (Å²) < 4.78 is 16.1. The number of esters is 1. The molecule has 2 unspecified atom stereocenters. The zero-order chi connectivity index (χ0) is 26.5. The Balaban J connectivity index is 1.31. The van der Waals surface area contributed by atoms with Gasteiger partial charge >= 0.3 is 12.1 Å². The lowest BCUT2D eigenvalue weighted by molar-refractivity contribution is -0.144. The number of nitrogens with one attached hydrogen (secondary N) is 2. The van der Waals surface area contributed by atoms with E-state index in [-0.39, 0.29) is 49.2 Å². The summed E-state index contributed by atoms with van der Waals surface area (Å²) in [5.41, 5.74) is 0.504. The van der Waals surface area contributed by atoms with Gasteiger partial charge in [-0.3, -0.25) is 10.1 Å². The van der Waals surface area contributed by atoms with Crippen LogP contribution in [0.2, 0.25) is 5.28 Å². The zero-order valence-electron chi connectivity index (χ0n) is 21.7. The summed E-state index contributed by atoms with van der Waals surface area (Å²) in [5, 5.41) is 15.0. The first-order chi connectivity index (χ1) is 18.0. The highest BCUT2D eigenvalue weighted by Crippen LogP contribution is 2.39. The normalized spacial score (nSPS) is 18.4. The first kappa shape index (κ1) is 29.2. The highest BCUT2D eigenvalue weighted by molar-refractivity contribution is 6.28. The summed E-state index contributed by atoms with van der Waals surface area (Å²) in [5.74, 6) is 0.403. The van der Waals surface area contributed by atoms with Crippen LogP contribution in [0, 0.1) is 0 Å². The minimum absolute atomic E-state index is 0.0105. The number of fused-ring (bicyclic) bond motifs is 1. The van der Waals surface area contributed by atoms with Gasteiger partial charge in [0.25, 0.3) is 0 Å². The number of amides is 1. The Kier molecular flexibility index (Phi) is 12.5. The van der Waals surface area contributed by atoms with E-state index in [1.54, 1.807) is 0 Å². The van der Waals surface area contributed by atoms with E-state index < -0.39 is 6.09 Å². The van der Waals surface area contributed by atoms with E-state index in [1.165, 1.54) is 38.5 Å². The third kappa shape index (κ3) is 9.46. The van der Waals surface area contributed by atoms with Gasteiger partial charge in [-0.2, -0.15) is 9.97 Å². The number of carbonyl (C=O) groups excluding carboxylic acids is 2. The maximum atomic E-state index is 12.3. The average molecular weight is 542 g/mol. The molecule has 0 saturated carbocycles. The second kappa shape index (κ2) is 15.8. The summed E-state index contributed by atoms with van der Waals surface area (Å²) in [6.07, 6.45) is 11.3. The van der Waals surface area contributed by atoms with Gasteiger partial charge in [0.15, 0.2) is 11.6 Å². The summed E-state index contributed by atoms with van der Waals surface area (Å²) in [4.78, 5) is 34.4. The number of ether oxygens (including phenoxy) is 3. The molecule has 1 saturated heterocycles. The molecule has 12 heteroatoms. The number of rotatable bonds is 16. The number of aromatic nitrogens is 2. The predicted molar refractivity (Wildman–Crippen MR) is 141 cm³/mol. The molecule has 2 atom stereocenters. The van der Waals surface area contributed by atoms with Crippen molar-refractivity contribution in [3.63, 3.8) is 0 Å². The Bertz CT molecular complexity index is 876. The Morgan fingerprint density at radius 1 is 1.08 bits per heavy atom. The van der Waals surface area contributed by atoms with E-state index in [0.717, 1.165) is 32.1 Å². The van der Waals surface area contributed by atoms with Crippen molar-refractivity contribution in [3.8, 4) is 0 Å². The van der Waals surface area contributed by atoms with Gasteiger partial charge in [0.05, 0.1) is 19.4 Å². The van der Waals surface area contributed by atoms with Crippen molar-refractivity contribution in [2.24, 2.45) is 0 Å². The van der Waals surface area contributed by atoms with Gasteiger partial charge in [0.2, 0.25) is 5.28 Å². The minimum Gasteiger partial charge on any atom is -0.462 e. The second-order valence-corrected chi connectivity index (χ2v) is 9.72. The number of hydrogen-bond acceptors (Lipinski definition) is 10. The van der Waals surface area contributed by atoms with Gasteiger partial charge < -0.3 is 29.5 Å². The molecule has 3 heterocycles. The number of aliphatic hydroxyl groups is 1. The standard InChI is InChI=1S/C25H40ClN5O6/c1-2-3-4-5-6-7-8-9-10-11-20(33)35-14-15-36-25(34)29-22-21-23(30-24(26)28-22)31(17-27-21)19-13-12-18(16-32)37-19/h18-19,27,32H,2-17H2,1H3,(H,28,29,30,34). The first-order valence-electron chi connectivity index (χ1n) is 13.5. The average Bonchev–Trinajstić information content (AvgIpc) is 3.52. The number of nitrogens with zero attached hydrogens (tertiary/aromatic N) is 3. The molecule has 1 fully saturated rings. The van der Waals surface area contributed by atoms with Gasteiger partial charge in [0.1, 0.15) is 25.1 Å². The smallest absolute Gasteiger partial charge is 0.412 e. The molecule has 2 aliphatic rings. The molecule has 1 aromatic rings. The maximum absolute atomic E-state index is 12.3. The van der Waals surface area contributed by atoms with Crippen molar-refractivity contribution in [2.45, 2.75) is 96.3 Å². The van der Waals surface area contributed by atoms with Crippen molar-refractivity contribution in [1.29, 1.82) is 0 Å². The molecule has 3 N–H and O–H groups in total. The summed E-state index contributed by atoms with van der Waals surface area (Å²) in [6.45, 7) is 2.49. The lowest BCUT2D eigenvalue weighted by Crippen LogP contribution is -2.35. The van der Waals surface area contributed by atoms with E-state index in [2.05, 4.69) is 27.5 Å². The molecule has 0 aromatic carbocycles. The summed E-state index contributed by atoms with van der Waals surface area (Å²) >= 11 is 6.09. The van der Waals surface area contributed by atoms with E-state index >= 15 is 0 Å². The van der Waals surface area contributed by atoms with Crippen molar-refractivity contribution in [3.05, 3.63) is 5.28 Å². The number of halogens is 1. The van der Waals surface area contributed by atoms with Gasteiger partial charge in [-0.05, 0) is 30.9 Å². The fourth-order valence-corrected chi connectivity index (χ4v) is 4.65. The highest BCUT2D eigenvalue weighted by Gasteiger charge is 2.36. The molecule has 208 valence electrons. The van der Waals surface area contributed by atoms with Crippen molar-refractivity contribution in [1.82, 2.24) is 9.97 Å². The second-order valence-electron chi connectivity index (χ2n) is 9.38. The maximum Gasteiger partial charge on any atom is 0.412 e. The van der Waals surface area contributed by atoms with Crippen LogP contribution in [-0.2, 0) is 19.0 Å². The van der Waals surface area contributed by atoms with Crippen LogP contribution in [0.5, 0.6) is 0 Å². The third-order valence-corrected chi connectivity index (χ3v) is 6.65. The molecule has 0 bridgehead atoms. The topological polar surface area (TPSA) is 135 Å². The molecular formula is C25H40ClN5O6. The highest BCUT2D eigenvalue weighted by atomic mass is 35.5. The van der Waals surface area contributed by atoms with Gasteiger partial charge in [0, 0.05) is 6.42 Å². The van der Waals surface area contributed by atoms with Gasteiger partial charge in [-0.1, -0.05) is 58.3 Å². The number of unbranched alkanes of at least 4 members (excludes halogenated alkanes) is 8. The van der Waals surface area contributed by atoms with Crippen molar-refractivity contribution >= 4 is 41.0 Å². The van der Waals surface area contributed by atoms with E-state index in [4.69, 9.17) is 25.8 Å². The molecule has 0 radical (unpaired) electrons. The molecule has 11 nitrogen and oxygen atoms in total. The van der Waals surface area contributed by atoms with Crippen LogP contribution >= 0.6 is 11.6 Å². The lowest BCUT2D eigenvalue weighted by atomic mass is 10.1. The quantitative estimate of drug-likeness (QED) is 0.152. The van der Waals surface area contributed by atoms with Crippen LogP contribution < -0.4 is 15.5 Å². The molecule has 37 heavy (non-hydrogen) atoms. The van der Waals surface area contributed by atoms with E-state index in [9.17, 15) is 14.7 Å². The molecule has 0 spiro atoms. The van der Waals surface area contributed by atoms with Crippen LogP contribution in [0.1, 0.15) is 84.0 Å². The fraction of sp³-hybridized carbons (Fsp3) is 0.760. The van der Waals surface area contributed by atoms with Crippen molar-refractivity contribution < 1.29 is 28.9 Å². The SMILES string of the molecule is CCCCCCCCCCCC(=O)OCCOC(=O)Nc1nc(Cl)nc2c1NCN2C1CCC(CO)O1. The van der Waals surface area contributed by atoms with Crippen molar-refractivity contribution in [2.75, 3.05) is 42.0 Å². The Hall–Kier alpha value is -2.37. The Labute approximate surface area is 223 Å². The summed E-state index contributed by atoms with van der Waals surface area (Å²) in [6, 6.07) is 0. The summed E-state index contributed by atoms with van der Waals surface area (Å²) in [7, 11) is 0. The van der Waals surface area contributed by atoms with Gasteiger partial charge in [-0.15, -0.1) is 0 Å². The largest absolute Gasteiger partial charge is 0.462 e. The van der Waals surface area contributed by atoms with E-state index in [1.807, 2.05) is 4.90 Å². The van der Waals surface area contributed by atoms with Crippen LogP contribution in [0.4, 0.5) is 22.1 Å². The third-order valence-electron chi connectivity index (χ3n) is 6.48. The number of aliphatic hydroxyl groups excluding tert-OH is 1. The van der Waals surface area contributed by atoms with E-state index in [0.29, 0.717) is 24.6 Å². The number of hydrogen-bond donors (Lipinski definition) is 3. The number of anilines is 3. The molecule has 2 aliphatic heterocycles. The zero-order valence-corrected chi connectivity index (χ0v) is 22.4.